The van der Waals surface area contributed by atoms with Crippen molar-refractivity contribution in [1.82, 2.24) is 14.8 Å². The monoisotopic (exact) mass is 322 g/mol. The molecule has 8 heteroatoms. The van der Waals surface area contributed by atoms with Crippen LogP contribution >= 0.6 is 11.3 Å². The Kier molecular flexibility index (Phi) is 5.65. The van der Waals surface area contributed by atoms with Crippen LogP contribution in [0.1, 0.15) is 24.7 Å². The van der Waals surface area contributed by atoms with Gasteiger partial charge in [0.25, 0.3) is 0 Å². The number of carbonyl (C=O) groups excluding carboxylic acids is 2. The zero-order valence-electron chi connectivity index (χ0n) is 12.5. The summed E-state index contributed by atoms with van der Waals surface area (Å²) in [6, 6.07) is 1.89. The van der Waals surface area contributed by atoms with Crippen molar-refractivity contribution >= 4 is 28.3 Å². The summed E-state index contributed by atoms with van der Waals surface area (Å²) in [6.45, 7) is 4.52. The van der Waals surface area contributed by atoms with E-state index in [2.05, 4.69) is 15.4 Å². The Morgan fingerprint density at radius 3 is 2.95 bits per heavy atom. The fraction of sp³-hybridized carbons (Fsp3) is 0.429. The minimum atomic E-state index is -0.320. The lowest BCUT2D eigenvalue weighted by molar-refractivity contribution is -0.142. The number of hydrogen-bond donors (Lipinski definition) is 1. The molecule has 0 radical (unpaired) electrons. The standard InChI is InChI=1S/C14H18N4O3S/c1-3-21-13(20)8-11-9-22-14(15-11)16-12(19)5-7-18-6-4-10(2)17-18/h4,6,9H,3,5,7-8H2,1-2H3,(H,15,16,19). The highest BCUT2D eigenvalue weighted by molar-refractivity contribution is 7.13. The van der Waals surface area contributed by atoms with Crippen LogP contribution < -0.4 is 5.32 Å². The van der Waals surface area contributed by atoms with Crippen LogP contribution in [0.3, 0.4) is 0 Å². The molecule has 2 rings (SSSR count). The molecule has 2 heterocycles. The molecule has 0 aliphatic rings. The Morgan fingerprint density at radius 1 is 1.45 bits per heavy atom. The van der Waals surface area contributed by atoms with E-state index < -0.39 is 0 Å². The normalized spacial score (nSPS) is 10.5. The number of carbonyl (C=O) groups is 2. The second kappa shape index (κ2) is 7.69. The number of thiazole rings is 1. The van der Waals surface area contributed by atoms with Gasteiger partial charge in [-0.15, -0.1) is 11.3 Å². The van der Waals surface area contributed by atoms with E-state index in [0.717, 1.165) is 5.69 Å². The van der Waals surface area contributed by atoms with Gasteiger partial charge in [-0.2, -0.15) is 5.10 Å². The molecule has 0 aliphatic heterocycles. The predicted octanol–water partition coefficient (Wildman–Crippen LogP) is 1.78. The van der Waals surface area contributed by atoms with Crippen molar-refractivity contribution in [3.63, 3.8) is 0 Å². The zero-order valence-corrected chi connectivity index (χ0v) is 13.4. The number of rotatable bonds is 7. The molecule has 0 saturated carbocycles. The quantitative estimate of drug-likeness (QED) is 0.785. The third-order valence-electron chi connectivity index (χ3n) is 2.77. The van der Waals surface area contributed by atoms with Gasteiger partial charge in [-0.25, -0.2) is 4.98 Å². The van der Waals surface area contributed by atoms with Crippen LogP contribution in [0.25, 0.3) is 0 Å². The first kappa shape index (κ1) is 16.2. The minimum absolute atomic E-state index is 0.118. The third kappa shape index (κ3) is 4.96. The molecule has 1 amide bonds. The molecular weight excluding hydrogens is 304 g/mol. The van der Waals surface area contributed by atoms with Crippen LogP contribution in [0.15, 0.2) is 17.6 Å². The maximum atomic E-state index is 11.8. The van der Waals surface area contributed by atoms with Crippen molar-refractivity contribution in [2.45, 2.75) is 33.2 Å². The number of nitrogens with one attached hydrogen (secondary N) is 1. The number of amides is 1. The summed E-state index contributed by atoms with van der Waals surface area (Å²) in [5.41, 5.74) is 1.52. The third-order valence-corrected chi connectivity index (χ3v) is 3.58. The van der Waals surface area contributed by atoms with Gasteiger partial charge in [0, 0.05) is 24.5 Å². The van der Waals surface area contributed by atoms with Crippen LogP contribution in [0.5, 0.6) is 0 Å². The first-order valence-electron chi connectivity index (χ1n) is 6.96. The van der Waals surface area contributed by atoms with E-state index >= 15 is 0 Å². The first-order chi connectivity index (χ1) is 10.6. The molecule has 0 spiro atoms. The van der Waals surface area contributed by atoms with E-state index in [-0.39, 0.29) is 18.3 Å². The summed E-state index contributed by atoms with van der Waals surface area (Å²) in [5.74, 6) is -0.454. The summed E-state index contributed by atoms with van der Waals surface area (Å²) in [6.07, 6.45) is 2.27. The van der Waals surface area contributed by atoms with Gasteiger partial charge < -0.3 is 10.1 Å². The molecule has 0 aromatic carbocycles. The molecule has 0 saturated heterocycles. The molecule has 22 heavy (non-hydrogen) atoms. The number of nitrogens with zero attached hydrogens (tertiary/aromatic N) is 3. The largest absolute Gasteiger partial charge is 0.466 e. The van der Waals surface area contributed by atoms with Gasteiger partial charge in [0.1, 0.15) is 0 Å². The summed E-state index contributed by atoms with van der Waals surface area (Å²) >= 11 is 1.29. The van der Waals surface area contributed by atoms with Crippen LogP contribution in [-0.4, -0.2) is 33.2 Å². The van der Waals surface area contributed by atoms with E-state index in [0.29, 0.717) is 30.4 Å². The van der Waals surface area contributed by atoms with Gasteiger partial charge >= 0.3 is 5.97 Å². The topological polar surface area (TPSA) is 86.1 Å². The molecule has 2 aromatic rings. The summed E-state index contributed by atoms with van der Waals surface area (Å²) in [4.78, 5) is 27.4. The summed E-state index contributed by atoms with van der Waals surface area (Å²) in [5, 5.41) is 9.16. The number of hydrogen-bond acceptors (Lipinski definition) is 6. The Morgan fingerprint density at radius 2 is 2.27 bits per heavy atom. The fourth-order valence-electron chi connectivity index (χ4n) is 1.79. The second-order valence-electron chi connectivity index (χ2n) is 4.64. The fourth-order valence-corrected chi connectivity index (χ4v) is 2.52. The Bertz CT molecular complexity index is 650. The lowest BCUT2D eigenvalue weighted by atomic mass is 10.3. The highest BCUT2D eigenvalue weighted by Crippen LogP contribution is 2.16. The van der Waals surface area contributed by atoms with E-state index in [1.165, 1.54) is 11.3 Å². The van der Waals surface area contributed by atoms with Gasteiger partial charge in [0.2, 0.25) is 5.91 Å². The average Bonchev–Trinajstić information content (AvgIpc) is 3.06. The molecule has 0 fully saturated rings. The van der Waals surface area contributed by atoms with Crippen molar-refractivity contribution in [3.05, 3.63) is 29.0 Å². The maximum absolute atomic E-state index is 11.8. The van der Waals surface area contributed by atoms with Crippen LogP contribution in [0, 0.1) is 6.92 Å². The van der Waals surface area contributed by atoms with Crippen molar-refractivity contribution < 1.29 is 14.3 Å². The summed E-state index contributed by atoms with van der Waals surface area (Å²) in [7, 11) is 0. The Hall–Kier alpha value is -2.22. The highest BCUT2D eigenvalue weighted by Gasteiger charge is 2.10. The SMILES string of the molecule is CCOC(=O)Cc1csc(NC(=O)CCn2ccc(C)n2)n1. The number of aromatic nitrogens is 3. The zero-order chi connectivity index (χ0) is 15.9. The smallest absolute Gasteiger partial charge is 0.311 e. The Balaban J connectivity index is 1.79. The highest BCUT2D eigenvalue weighted by atomic mass is 32.1. The summed E-state index contributed by atoms with van der Waals surface area (Å²) < 4.78 is 6.58. The van der Waals surface area contributed by atoms with E-state index in [1.807, 2.05) is 19.2 Å². The van der Waals surface area contributed by atoms with Gasteiger partial charge in [-0.05, 0) is 19.9 Å². The molecule has 7 nitrogen and oxygen atoms in total. The average molecular weight is 322 g/mol. The molecular formula is C14H18N4O3S. The number of esters is 1. The molecule has 0 unspecified atom stereocenters. The van der Waals surface area contributed by atoms with Crippen LogP contribution in [0.4, 0.5) is 5.13 Å². The van der Waals surface area contributed by atoms with Crippen LogP contribution in [-0.2, 0) is 27.3 Å². The maximum Gasteiger partial charge on any atom is 0.311 e. The predicted molar refractivity (Wildman–Crippen MR) is 82.7 cm³/mol. The molecule has 0 aliphatic carbocycles. The van der Waals surface area contributed by atoms with Gasteiger partial charge in [-0.1, -0.05) is 0 Å². The van der Waals surface area contributed by atoms with Gasteiger partial charge in [0.15, 0.2) is 5.13 Å². The minimum Gasteiger partial charge on any atom is -0.466 e. The van der Waals surface area contributed by atoms with Gasteiger partial charge in [0.05, 0.1) is 24.4 Å². The van der Waals surface area contributed by atoms with Crippen molar-refractivity contribution in [2.24, 2.45) is 0 Å². The van der Waals surface area contributed by atoms with Crippen molar-refractivity contribution in [2.75, 3.05) is 11.9 Å². The van der Waals surface area contributed by atoms with E-state index in [9.17, 15) is 9.59 Å². The van der Waals surface area contributed by atoms with E-state index in [4.69, 9.17) is 4.74 Å². The van der Waals surface area contributed by atoms with E-state index in [1.54, 1.807) is 17.0 Å². The van der Waals surface area contributed by atoms with Crippen LogP contribution in [0.2, 0.25) is 0 Å². The van der Waals surface area contributed by atoms with Crippen molar-refractivity contribution in [1.29, 1.82) is 0 Å². The number of ether oxygens (including phenoxy) is 1. The van der Waals surface area contributed by atoms with Crippen molar-refractivity contribution in [3.8, 4) is 0 Å². The lowest BCUT2D eigenvalue weighted by Gasteiger charge is -2.02. The molecule has 2 aromatic heterocycles. The number of aryl methyl sites for hydroxylation is 2. The second-order valence-corrected chi connectivity index (χ2v) is 5.50. The molecule has 0 bridgehead atoms. The number of anilines is 1. The molecule has 1 N–H and O–H groups in total. The molecule has 0 atom stereocenters. The Labute approximate surface area is 132 Å². The molecule has 118 valence electrons. The lowest BCUT2D eigenvalue weighted by Crippen LogP contribution is -2.15. The first-order valence-corrected chi connectivity index (χ1v) is 7.84. The van der Waals surface area contributed by atoms with Gasteiger partial charge in [-0.3, -0.25) is 14.3 Å².